The summed E-state index contributed by atoms with van der Waals surface area (Å²) >= 11 is 0. The molecule has 16 heavy (non-hydrogen) atoms. The van der Waals surface area contributed by atoms with Gasteiger partial charge in [-0.2, -0.15) is 0 Å². The number of aromatic amines is 1. The van der Waals surface area contributed by atoms with Crippen molar-refractivity contribution < 1.29 is 9.47 Å². The van der Waals surface area contributed by atoms with Crippen LogP contribution in [0.15, 0.2) is 18.3 Å². The number of fused-ring (bicyclic) bond motifs is 3. The number of nitrogens with two attached hydrogens (primary N) is 1. The highest BCUT2D eigenvalue weighted by molar-refractivity contribution is 5.92. The third kappa shape index (κ3) is 1.34. The second-order valence-corrected chi connectivity index (χ2v) is 3.86. The summed E-state index contributed by atoms with van der Waals surface area (Å²) in [4.78, 5) is 3.23. The summed E-state index contributed by atoms with van der Waals surface area (Å²) in [5, 5.41) is 1.11. The van der Waals surface area contributed by atoms with Gasteiger partial charge in [0.2, 0.25) is 0 Å². The van der Waals surface area contributed by atoms with Crippen molar-refractivity contribution in [3.63, 3.8) is 0 Å². The van der Waals surface area contributed by atoms with Gasteiger partial charge >= 0.3 is 0 Å². The van der Waals surface area contributed by atoms with Crippen molar-refractivity contribution in [3.05, 3.63) is 23.9 Å². The second-order valence-electron chi connectivity index (χ2n) is 3.86. The Labute approximate surface area is 93.3 Å². The first-order valence-corrected chi connectivity index (χ1v) is 5.49. The molecule has 0 radical (unpaired) electrons. The number of benzene rings is 1. The van der Waals surface area contributed by atoms with E-state index in [-0.39, 0.29) is 0 Å². The fraction of sp³-hybridized carbons (Fsp3) is 0.333. The van der Waals surface area contributed by atoms with Crippen LogP contribution in [0, 0.1) is 0 Å². The summed E-state index contributed by atoms with van der Waals surface area (Å²) < 4.78 is 11.3. The maximum absolute atomic E-state index is 5.70. The van der Waals surface area contributed by atoms with E-state index in [0.717, 1.165) is 28.8 Å². The van der Waals surface area contributed by atoms with E-state index in [1.54, 1.807) is 0 Å². The van der Waals surface area contributed by atoms with Crippen LogP contribution in [0.25, 0.3) is 10.9 Å². The van der Waals surface area contributed by atoms with Crippen LogP contribution < -0.4 is 15.2 Å². The van der Waals surface area contributed by atoms with Crippen molar-refractivity contribution in [2.45, 2.75) is 6.42 Å². The van der Waals surface area contributed by atoms with Gasteiger partial charge in [0.05, 0.1) is 0 Å². The molecule has 0 spiro atoms. The Kier molecular flexibility index (Phi) is 2.22. The Bertz CT molecular complexity index is 519. The molecule has 2 aromatic rings. The van der Waals surface area contributed by atoms with Gasteiger partial charge in [-0.3, -0.25) is 0 Å². The molecule has 0 bridgehead atoms. The van der Waals surface area contributed by atoms with Gasteiger partial charge in [-0.25, -0.2) is 0 Å². The van der Waals surface area contributed by atoms with E-state index in [1.165, 1.54) is 5.56 Å². The Hall–Kier alpha value is -1.68. The van der Waals surface area contributed by atoms with Gasteiger partial charge in [-0.1, -0.05) is 0 Å². The standard InChI is InChI=1S/C12H14N2O2/c13-4-3-8-7-14-9-1-2-10-12(11(8)9)16-6-5-15-10/h1-2,7,14H,3-6,13H2. The van der Waals surface area contributed by atoms with E-state index in [4.69, 9.17) is 15.2 Å². The molecule has 84 valence electrons. The third-order valence-corrected chi connectivity index (χ3v) is 2.85. The first-order valence-electron chi connectivity index (χ1n) is 5.49. The first-order chi connectivity index (χ1) is 7.90. The minimum absolute atomic E-state index is 0.610. The van der Waals surface area contributed by atoms with E-state index >= 15 is 0 Å². The maximum atomic E-state index is 5.70. The zero-order chi connectivity index (χ0) is 11.0. The minimum atomic E-state index is 0.610. The molecule has 0 unspecified atom stereocenters. The first kappa shape index (κ1) is 9.54. The van der Waals surface area contributed by atoms with Gasteiger partial charge in [0, 0.05) is 17.1 Å². The lowest BCUT2D eigenvalue weighted by Gasteiger charge is -2.19. The molecule has 0 saturated carbocycles. The van der Waals surface area contributed by atoms with E-state index in [1.807, 2.05) is 18.3 Å². The average Bonchev–Trinajstić information content (AvgIpc) is 2.73. The van der Waals surface area contributed by atoms with E-state index in [0.29, 0.717) is 19.8 Å². The number of ether oxygens (including phenoxy) is 2. The van der Waals surface area contributed by atoms with Gasteiger partial charge in [-0.15, -0.1) is 0 Å². The highest BCUT2D eigenvalue weighted by Gasteiger charge is 2.17. The lowest BCUT2D eigenvalue weighted by Crippen LogP contribution is -2.15. The van der Waals surface area contributed by atoms with Crippen molar-refractivity contribution in [2.24, 2.45) is 5.73 Å². The lowest BCUT2D eigenvalue weighted by atomic mass is 10.1. The Balaban J connectivity index is 2.23. The van der Waals surface area contributed by atoms with Crippen LogP contribution in [0.1, 0.15) is 5.56 Å². The van der Waals surface area contributed by atoms with E-state index in [9.17, 15) is 0 Å². The molecule has 3 N–H and O–H groups in total. The van der Waals surface area contributed by atoms with Crippen molar-refractivity contribution in [3.8, 4) is 11.5 Å². The lowest BCUT2D eigenvalue weighted by molar-refractivity contribution is 0.174. The summed E-state index contributed by atoms with van der Waals surface area (Å²) in [6, 6.07) is 3.96. The molecule has 1 aliphatic heterocycles. The zero-order valence-corrected chi connectivity index (χ0v) is 8.95. The van der Waals surface area contributed by atoms with Crippen LogP contribution in [0.3, 0.4) is 0 Å². The fourth-order valence-corrected chi connectivity index (χ4v) is 2.14. The Morgan fingerprint density at radius 1 is 1.25 bits per heavy atom. The molecule has 1 aliphatic rings. The van der Waals surface area contributed by atoms with Crippen LogP contribution in [0.2, 0.25) is 0 Å². The molecule has 0 fully saturated rings. The Morgan fingerprint density at radius 3 is 3.00 bits per heavy atom. The van der Waals surface area contributed by atoms with Gasteiger partial charge in [0.15, 0.2) is 11.5 Å². The molecular weight excluding hydrogens is 204 g/mol. The van der Waals surface area contributed by atoms with Crippen LogP contribution in [-0.4, -0.2) is 24.7 Å². The van der Waals surface area contributed by atoms with Crippen LogP contribution >= 0.6 is 0 Å². The highest BCUT2D eigenvalue weighted by Crippen LogP contribution is 2.39. The van der Waals surface area contributed by atoms with Crippen molar-refractivity contribution in [1.82, 2.24) is 4.98 Å². The second kappa shape index (κ2) is 3.72. The fourth-order valence-electron chi connectivity index (χ4n) is 2.14. The maximum Gasteiger partial charge on any atom is 0.170 e. The smallest absolute Gasteiger partial charge is 0.170 e. The molecule has 4 nitrogen and oxygen atoms in total. The van der Waals surface area contributed by atoms with Gasteiger partial charge in [-0.05, 0) is 30.7 Å². The van der Waals surface area contributed by atoms with Crippen LogP contribution in [0.4, 0.5) is 0 Å². The van der Waals surface area contributed by atoms with Crippen LogP contribution in [-0.2, 0) is 6.42 Å². The number of aromatic nitrogens is 1. The molecule has 0 saturated heterocycles. The summed E-state index contributed by atoms with van der Waals surface area (Å²) in [7, 11) is 0. The van der Waals surface area contributed by atoms with Crippen molar-refractivity contribution >= 4 is 10.9 Å². The predicted molar refractivity (Wildman–Crippen MR) is 62.0 cm³/mol. The molecule has 0 amide bonds. The van der Waals surface area contributed by atoms with E-state index in [2.05, 4.69) is 4.98 Å². The minimum Gasteiger partial charge on any atom is -0.486 e. The van der Waals surface area contributed by atoms with Crippen molar-refractivity contribution in [2.75, 3.05) is 19.8 Å². The number of nitrogens with one attached hydrogen (secondary N) is 1. The van der Waals surface area contributed by atoms with Gasteiger partial charge in [0.1, 0.15) is 13.2 Å². The van der Waals surface area contributed by atoms with Crippen LogP contribution in [0.5, 0.6) is 11.5 Å². The third-order valence-electron chi connectivity index (χ3n) is 2.85. The molecule has 1 aromatic heterocycles. The summed E-state index contributed by atoms with van der Waals surface area (Å²) in [6.45, 7) is 1.87. The number of hydrogen-bond acceptors (Lipinski definition) is 3. The number of H-pyrrole nitrogens is 1. The highest BCUT2D eigenvalue weighted by atomic mass is 16.6. The van der Waals surface area contributed by atoms with Gasteiger partial charge < -0.3 is 20.2 Å². The molecular formula is C12H14N2O2. The summed E-state index contributed by atoms with van der Waals surface area (Å²) in [6.07, 6.45) is 2.84. The summed E-state index contributed by atoms with van der Waals surface area (Å²) in [5.41, 5.74) is 7.87. The average molecular weight is 218 g/mol. The normalized spacial score (nSPS) is 14.3. The molecule has 1 aromatic carbocycles. The molecule has 2 heterocycles. The monoisotopic (exact) mass is 218 g/mol. The quantitative estimate of drug-likeness (QED) is 0.801. The van der Waals surface area contributed by atoms with Gasteiger partial charge in [0.25, 0.3) is 0 Å². The number of hydrogen-bond donors (Lipinski definition) is 2. The Morgan fingerprint density at radius 2 is 2.12 bits per heavy atom. The molecule has 4 heteroatoms. The summed E-state index contributed by atoms with van der Waals surface area (Å²) in [5.74, 6) is 1.69. The predicted octanol–water partition coefficient (Wildman–Crippen LogP) is 1.44. The zero-order valence-electron chi connectivity index (χ0n) is 8.95. The topological polar surface area (TPSA) is 60.3 Å². The number of rotatable bonds is 2. The SMILES string of the molecule is NCCc1c[nH]c2ccc3c(c12)OCCO3. The van der Waals surface area contributed by atoms with Crippen molar-refractivity contribution in [1.29, 1.82) is 0 Å². The molecule has 0 atom stereocenters. The molecule has 3 rings (SSSR count). The van der Waals surface area contributed by atoms with E-state index < -0.39 is 0 Å². The molecule has 0 aliphatic carbocycles. The largest absolute Gasteiger partial charge is 0.486 e.